The van der Waals surface area contributed by atoms with Gasteiger partial charge in [-0.2, -0.15) is 0 Å². The van der Waals surface area contributed by atoms with E-state index in [2.05, 4.69) is 5.32 Å². The van der Waals surface area contributed by atoms with Crippen LogP contribution in [0, 0.1) is 5.41 Å². The first-order valence-electron chi connectivity index (χ1n) is 5.87. The van der Waals surface area contributed by atoms with Gasteiger partial charge >= 0.3 is 6.09 Å². The van der Waals surface area contributed by atoms with E-state index >= 15 is 0 Å². The van der Waals surface area contributed by atoms with Gasteiger partial charge in [0.05, 0.1) is 0 Å². The summed E-state index contributed by atoms with van der Waals surface area (Å²) in [6, 6.07) is 0.209. The van der Waals surface area contributed by atoms with E-state index in [4.69, 9.17) is 15.9 Å². The van der Waals surface area contributed by atoms with Crippen molar-refractivity contribution in [2.45, 2.75) is 45.3 Å². The Morgan fingerprint density at radius 3 is 2.41 bits per heavy atom. The summed E-state index contributed by atoms with van der Waals surface area (Å²) >= 11 is 0. The van der Waals surface area contributed by atoms with Crippen LogP contribution in [-0.2, 0) is 4.74 Å². The molecule has 98 valence electrons. The molecule has 0 atom stereocenters. The van der Waals surface area contributed by atoms with Crippen molar-refractivity contribution in [3.63, 3.8) is 0 Å². The van der Waals surface area contributed by atoms with E-state index in [1.165, 1.54) is 0 Å². The molecule has 0 saturated carbocycles. The second-order valence-corrected chi connectivity index (χ2v) is 5.30. The molecule has 6 heteroatoms. The molecule has 0 aromatic heterocycles. The summed E-state index contributed by atoms with van der Waals surface area (Å²) in [6.45, 7) is 6.77. The first-order valence-corrected chi connectivity index (χ1v) is 5.87. The molecule has 1 rings (SSSR count). The summed E-state index contributed by atoms with van der Waals surface area (Å²) in [5, 5.41) is 10.2. The number of likely N-dealkylation sites (tertiary alicyclic amines) is 1. The van der Waals surface area contributed by atoms with Crippen molar-refractivity contribution in [1.29, 1.82) is 5.41 Å². The van der Waals surface area contributed by atoms with Gasteiger partial charge in [0.1, 0.15) is 5.60 Å². The minimum Gasteiger partial charge on any atom is -0.444 e. The normalized spacial score (nSPS) is 17.8. The molecule has 0 aromatic rings. The van der Waals surface area contributed by atoms with E-state index in [0.717, 1.165) is 12.8 Å². The zero-order chi connectivity index (χ0) is 13.1. The van der Waals surface area contributed by atoms with Gasteiger partial charge in [-0.25, -0.2) is 4.79 Å². The highest BCUT2D eigenvalue weighted by Gasteiger charge is 2.22. The van der Waals surface area contributed by atoms with Gasteiger partial charge in [-0.05, 0) is 33.6 Å². The molecule has 0 bridgehead atoms. The van der Waals surface area contributed by atoms with Crippen molar-refractivity contribution >= 4 is 12.1 Å². The average Bonchev–Trinajstić information content (AvgIpc) is 2.15. The summed E-state index contributed by atoms with van der Waals surface area (Å²) in [5.41, 5.74) is 5.23. The quantitative estimate of drug-likeness (QED) is 0.434. The number of guanidine groups is 1. The maximum Gasteiger partial charge on any atom is 0.414 e. The van der Waals surface area contributed by atoms with Crippen LogP contribution in [0.4, 0.5) is 4.79 Å². The van der Waals surface area contributed by atoms with E-state index in [-0.39, 0.29) is 12.0 Å². The molecule has 4 N–H and O–H groups in total. The summed E-state index contributed by atoms with van der Waals surface area (Å²) in [5.74, 6) is 0.0890. The lowest BCUT2D eigenvalue weighted by molar-refractivity contribution is 0.0555. The number of hydrogen-bond acceptors (Lipinski definition) is 4. The van der Waals surface area contributed by atoms with Gasteiger partial charge in [0.15, 0.2) is 0 Å². The van der Waals surface area contributed by atoms with Crippen molar-refractivity contribution in [1.82, 2.24) is 10.2 Å². The monoisotopic (exact) mass is 242 g/mol. The number of nitrogens with zero attached hydrogens (tertiary/aromatic N) is 1. The number of piperidine rings is 1. The Labute approximate surface area is 102 Å². The predicted octanol–water partition coefficient (Wildman–Crippen LogP) is 0.869. The van der Waals surface area contributed by atoms with Gasteiger partial charge in [0.25, 0.3) is 0 Å². The van der Waals surface area contributed by atoms with E-state index < -0.39 is 11.7 Å². The largest absolute Gasteiger partial charge is 0.444 e. The highest BCUT2D eigenvalue weighted by molar-refractivity contribution is 5.92. The molecule has 1 amide bonds. The standard InChI is InChI=1S/C11H22N4O2/c1-11(2,3)17-10(16)14-9(13)15-6-4-8(12)5-7-15/h8H,4-7,12H2,1-3H3,(H2,13,14,16). The third-order valence-electron chi connectivity index (χ3n) is 2.48. The Morgan fingerprint density at radius 1 is 1.41 bits per heavy atom. The Balaban J connectivity index is 2.36. The Hall–Kier alpha value is -1.30. The SMILES string of the molecule is CC(C)(C)OC(=O)NC(=N)N1CCC(N)CC1. The molecule has 1 aliphatic rings. The molecule has 0 unspecified atom stereocenters. The van der Waals surface area contributed by atoms with Crippen LogP contribution < -0.4 is 11.1 Å². The van der Waals surface area contributed by atoms with Gasteiger partial charge in [0.2, 0.25) is 5.96 Å². The van der Waals surface area contributed by atoms with Gasteiger partial charge in [-0.1, -0.05) is 0 Å². The highest BCUT2D eigenvalue weighted by atomic mass is 16.6. The smallest absolute Gasteiger partial charge is 0.414 e. The molecule has 17 heavy (non-hydrogen) atoms. The molecule has 1 aliphatic heterocycles. The Kier molecular flexibility index (Phi) is 4.34. The first kappa shape index (κ1) is 13.8. The number of ether oxygens (including phenoxy) is 1. The number of nitrogens with one attached hydrogen (secondary N) is 2. The second kappa shape index (κ2) is 5.35. The van der Waals surface area contributed by atoms with Gasteiger partial charge < -0.3 is 15.4 Å². The van der Waals surface area contributed by atoms with Crippen LogP contribution in [0.3, 0.4) is 0 Å². The fraction of sp³-hybridized carbons (Fsp3) is 0.818. The van der Waals surface area contributed by atoms with Crippen molar-refractivity contribution < 1.29 is 9.53 Å². The number of carbonyl (C=O) groups excluding carboxylic acids is 1. The summed E-state index contributed by atoms with van der Waals surface area (Å²) in [4.78, 5) is 13.2. The van der Waals surface area contributed by atoms with Crippen molar-refractivity contribution in [2.75, 3.05) is 13.1 Å². The van der Waals surface area contributed by atoms with Crippen LogP contribution in [-0.4, -0.2) is 41.7 Å². The van der Waals surface area contributed by atoms with E-state index in [9.17, 15) is 4.79 Å². The number of hydrogen-bond donors (Lipinski definition) is 3. The zero-order valence-electron chi connectivity index (χ0n) is 10.7. The topological polar surface area (TPSA) is 91.4 Å². The number of alkyl carbamates (subject to hydrolysis) is 1. The van der Waals surface area contributed by atoms with E-state index in [0.29, 0.717) is 13.1 Å². The lowest BCUT2D eigenvalue weighted by atomic mass is 10.1. The molecule has 0 radical (unpaired) electrons. The highest BCUT2D eigenvalue weighted by Crippen LogP contribution is 2.09. The lowest BCUT2D eigenvalue weighted by Gasteiger charge is -2.32. The van der Waals surface area contributed by atoms with Gasteiger partial charge in [-0.3, -0.25) is 10.7 Å². The van der Waals surface area contributed by atoms with Crippen LogP contribution in [0.25, 0.3) is 0 Å². The van der Waals surface area contributed by atoms with E-state index in [1.807, 2.05) is 0 Å². The molecule has 0 aromatic carbocycles. The number of amides is 1. The molecule has 1 heterocycles. The number of carbonyl (C=O) groups is 1. The van der Waals surface area contributed by atoms with Crippen LogP contribution in [0.15, 0.2) is 0 Å². The third kappa shape index (κ3) is 5.04. The molecule has 0 aliphatic carbocycles. The zero-order valence-corrected chi connectivity index (χ0v) is 10.7. The van der Waals surface area contributed by atoms with Gasteiger partial charge in [-0.15, -0.1) is 0 Å². The molecular weight excluding hydrogens is 220 g/mol. The van der Waals surface area contributed by atoms with Crippen molar-refractivity contribution in [3.8, 4) is 0 Å². The molecule has 1 saturated heterocycles. The molecule has 6 nitrogen and oxygen atoms in total. The molecular formula is C11H22N4O2. The van der Waals surface area contributed by atoms with Crippen molar-refractivity contribution in [3.05, 3.63) is 0 Å². The number of rotatable bonds is 0. The first-order chi connectivity index (χ1) is 7.78. The average molecular weight is 242 g/mol. The van der Waals surface area contributed by atoms with Crippen LogP contribution in [0.1, 0.15) is 33.6 Å². The summed E-state index contributed by atoms with van der Waals surface area (Å²) in [7, 11) is 0. The van der Waals surface area contributed by atoms with Crippen molar-refractivity contribution in [2.24, 2.45) is 5.73 Å². The van der Waals surface area contributed by atoms with Gasteiger partial charge in [0, 0.05) is 19.1 Å². The maximum absolute atomic E-state index is 11.5. The lowest BCUT2D eigenvalue weighted by Crippen LogP contribution is -2.50. The molecule has 0 spiro atoms. The minimum atomic E-state index is -0.586. The Morgan fingerprint density at radius 2 is 1.94 bits per heavy atom. The second-order valence-electron chi connectivity index (χ2n) is 5.30. The summed E-state index contributed by atoms with van der Waals surface area (Å²) < 4.78 is 5.08. The fourth-order valence-corrected chi connectivity index (χ4v) is 1.60. The van der Waals surface area contributed by atoms with Crippen LogP contribution >= 0.6 is 0 Å². The number of nitrogens with two attached hydrogens (primary N) is 1. The van der Waals surface area contributed by atoms with Crippen LogP contribution in [0.2, 0.25) is 0 Å². The third-order valence-corrected chi connectivity index (χ3v) is 2.48. The Bertz CT molecular complexity index is 290. The van der Waals surface area contributed by atoms with Crippen LogP contribution in [0.5, 0.6) is 0 Å². The van der Waals surface area contributed by atoms with E-state index in [1.54, 1.807) is 25.7 Å². The maximum atomic E-state index is 11.5. The predicted molar refractivity (Wildman–Crippen MR) is 65.9 cm³/mol. The fourth-order valence-electron chi connectivity index (χ4n) is 1.60. The molecule has 1 fully saturated rings. The summed E-state index contributed by atoms with van der Waals surface area (Å²) in [6.07, 6.45) is 1.11. The minimum absolute atomic E-state index is 0.0890.